The van der Waals surface area contributed by atoms with Gasteiger partial charge >= 0.3 is 11.8 Å². The number of aliphatic hydroxyl groups excluding tert-OH is 1. The normalized spacial score (nSPS) is 25.8. The van der Waals surface area contributed by atoms with Crippen molar-refractivity contribution in [3.05, 3.63) is 29.3 Å². The standard InChI is InChI=1S/C25H35N3O4/c1-3-13-27(14-4-2)20-7-5-6-8-22(20)32-18-9-10-19-17(15-18)16-28(25(19)31)21-11-12-23(29)26-24(21)30/h9-10,15,20-22H,3-8,11-14,16H2,1-2H3,(H,26,29,30)/p+1/t20-,21?,22-/m1/s1. The Kier molecular flexibility index (Phi) is 7.13. The molecule has 3 aliphatic rings. The molecule has 7 nitrogen and oxygen atoms in total. The average Bonchev–Trinajstić information content (AvgIpc) is 3.09. The first-order valence-electron chi connectivity index (χ1n) is 12.2. The van der Waals surface area contributed by atoms with Gasteiger partial charge in [0.25, 0.3) is 5.91 Å². The molecule has 2 amide bonds. The first kappa shape index (κ1) is 22.8. The molecule has 1 aromatic carbocycles. The van der Waals surface area contributed by atoms with Crippen LogP contribution in [-0.4, -0.2) is 63.9 Å². The second kappa shape index (κ2) is 10.0. The molecule has 0 bridgehead atoms. The smallest absolute Gasteiger partial charge is 0.388 e. The summed E-state index contributed by atoms with van der Waals surface area (Å²) in [5, 5.41) is 10.2. The van der Waals surface area contributed by atoms with E-state index < -0.39 is 6.04 Å². The molecule has 0 radical (unpaired) electrons. The number of ether oxygens (including phenoxy) is 1. The van der Waals surface area contributed by atoms with E-state index in [0.717, 1.165) is 43.7 Å². The number of nitrogens with one attached hydrogen (secondary N) is 1. The molecule has 1 aromatic rings. The molecule has 0 aromatic heterocycles. The molecule has 3 atom stereocenters. The Balaban J connectivity index is 1.49. The highest BCUT2D eigenvalue weighted by Gasteiger charge is 2.41. The van der Waals surface area contributed by atoms with Crippen LogP contribution in [-0.2, 0) is 11.3 Å². The van der Waals surface area contributed by atoms with Crippen LogP contribution in [0.25, 0.3) is 0 Å². The second-order valence-corrected chi connectivity index (χ2v) is 9.28. The fourth-order valence-corrected chi connectivity index (χ4v) is 5.47. The third-order valence-electron chi connectivity index (χ3n) is 6.96. The molecule has 2 N–H and O–H groups in total. The monoisotopic (exact) mass is 442 g/mol. The van der Waals surface area contributed by atoms with E-state index in [1.165, 1.54) is 19.3 Å². The first-order valence-corrected chi connectivity index (χ1v) is 12.2. The van der Waals surface area contributed by atoms with Gasteiger partial charge in [-0.25, -0.2) is 4.79 Å². The lowest BCUT2D eigenvalue weighted by molar-refractivity contribution is -0.394. The summed E-state index contributed by atoms with van der Waals surface area (Å²) in [5.41, 5.74) is 1.57. The summed E-state index contributed by atoms with van der Waals surface area (Å²) in [6.45, 7) is 7.09. The van der Waals surface area contributed by atoms with E-state index in [2.05, 4.69) is 23.7 Å². The van der Waals surface area contributed by atoms with Crippen molar-refractivity contribution in [1.29, 1.82) is 0 Å². The molecule has 2 heterocycles. The van der Waals surface area contributed by atoms with Crippen molar-refractivity contribution in [2.75, 3.05) is 13.1 Å². The van der Waals surface area contributed by atoms with Gasteiger partial charge in [-0.05, 0) is 75.4 Å². The molecule has 0 spiro atoms. The predicted molar refractivity (Wildman–Crippen MR) is 122 cm³/mol. The van der Waals surface area contributed by atoms with Gasteiger partial charge in [0.05, 0.1) is 6.42 Å². The van der Waals surface area contributed by atoms with Gasteiger partial charge in [0.1, 0.15) is 11.9 Å². The fraction of sp³-hybridized carbons (Fsp3) is 0.640. The maximum absolute atomic E-state index is 13.0. The van der Waals surface area contributed by atoms with E-state index in [-0.39, 0.29) is 23.8 Å². The van der Waals surface area contributed by atoms with Gasteiger partial charge in [-0.2, -0.15) is 0 Å². The first-order chi connectivity index (χ1) is 15.5. The van der Waals surface area contributed by atoms with Gasteiger partial charge in [0, 0.05) is 18.2 Å². The van der Waals surface area contributed by atoms with Crippen molar-refractivity contribution in [1.82, 2.24) is 9.80 Å². The van der Waals surface area contributed by atoms with E-state index in [9.17, 15) is 14.7 Å². The zero-order valence-corrected chi connectivity index (χ0v) is 19.3. The molecule has 1 unspecified atom stereocenters. The van der Waals surface area contributed by atoms with E-state index in [4.69, 9.17) is 4.74 Å². The Morgan fingerprint density at radius 2 is 1.88 bits per heavy atom. The number of fused-ring (bicyclic) bond motifs is 1. The summed E-state index contributed by atoms with van der Waals surface area (Å²) in [5.74, 6) is 0.372. The molecular formula is C25H36N3O4+. The molecule has 4 rings (SSSR count). The Morgan fingerprint density at radius 1 is 1.12 bits per heavy atom. The summed E-state index contributed by atoms with van der Waals surface area (Å²) >= 11 is 0. The number of nitrogens with zero attached hydrogens (tertiary/aromatic N) is 2. The molecule has 1 saturated carbocycles. The van der Waals surface area contributed by atoms with Gasteiger partial charge < -0.3 is 14.7 Å². The van der Waals surface area contributed by atoms with Crippen LogP contribution < -0.4 is 9.73 Å². The number of rotatable bonds is 8. The number of hydrogen-bond donors (Lipinski definition) is 2. The van der Waals surface area contributed by atoms with Crippen LogP contribution in [0.15, 0.2) is 18.2 Å². The molecule has 32 heavy (non-hydrogen) atoms. The number of benzene rings is 1. The number of hydrogen-bond acceptors (Lipinski definition) is 4. The van der Waals surface area contributed by atoms with Gasteiger partial charge in [-0.3, -0.25) is 9.69 Å². The van der Waals surface area contributed by atoms with Crippen LogP contribution in [0, 0.1) is 0 Å². The predicted octanol–water partition coefficient (Wildman–Crippen LogP) is 2.18. The zero-order valence-electron chi connectivity index (χ0n) is 19.3. The minimum absolute atomic E-state index is 0.105. The molecule has 7 heteroatoms. The molecule has 2 aliphatic heterocycles. The summed E-state index contributed by atoms with van der Waals surface area (Å²) in [4.78, 5) is 31.2. The van der Waals surface area contributed by atoms with Crippen LogP contribution in [0.2, 0.25) is 0 Å². The van der Waals surface area contributed by atoms with Crippen molar-refractivity contribution < 1.29 is 24.4 Å². The van der Waals surface area contributed by atoms with Crippen molar-refractivity contribution in [2.45, 2.75) is 89.9 Å². The van der Waals surface area contributed by atoms with Gasteiger partial charge in [-0.1, -0.05) is 20.3 Å². The number of carbonyl (C=O) groups is 2. The van der Waals surface area contributed by atoms with E-state index >= 15 is 0 Å². The Morgan fingerprint density at radius 3 is 2.59 bits per heavy atom. The van der Waals surface area contributed by atoms with Crippen LogP contribution >= 0.6 is 0 Å². The highest BCUT2D eigenvalue weighted by molar-refractivity contribution is 6.01. The largest absolute Gasteiger partial charge is 0.489 e. The fourth-order valence-electron chi connectivity index (χ4n) is 5.47. The molecule has 0 saturated heterocycles. The summed E-state index contributed by atoms with van der Waals surface area (Å²) in [6, 6.07) is 5.70. The zero-order chi connectivity index (χ0) is 22.7. The highest BCUT2D eigenvalue weighted by atomic mass is 16.5. The van der Waals surface area contributed by atoms with Crippen molar-refractivity contribution in [3.63, 3.8) is 0 Å². The Labute approximate surface area is 190 Å². The minimum atomic E-state index is -0.476. The lowest BCUT2D eigenvalue weighted by atomic mass is 9.90. The van der Waals surface area contributed by atoms with Crippen molar-refractivity contribution in [3.8, 4) is 5.75 Å². The maximum Gasteiger partial charge on any atom is 0.388 e. The summed E-state index contributed by atoms with van der Waals surface area (Å²) in [6.07, 6.45) is 7.86. The van der Waals surface area contributed by atoms with Gasteiger partial charge in [-0.15, -0.1) is 4.99 Å². The quantitative estimate of drug-likeness (QED) is 0.645. The van der Waals surface area contributed by atoms with Gasteiger partial charge in [0.2, 0.25) is 0 Å². The van der Waals surface area contributed by atoms with Crippen molar-refractivity contribution in [2.24, 2.45) is 0 Å². The van der Waals surface area contributed by atoms with Crippen LogP contribution in [0.3, 0.4) is 0 Å². The van der Waals surface area contributed by atoms with Crippen LogP contribution in [0.4, 0.5) is 0 Å². The van der Waals surface area contributed by atoms with Crippen LogP contribution in [0.1, 0.15) is 81.1 Å². The third kappa shape index (κ3) is 4.68. The topological polar surface area (TPSA) is 84.1 Å². The lowest BCUT2D eigenvalue weighted by Gasteiger charge is -2.39. The highest BCUT2D eigenvalue weighted by Crippen LogP contribution is 2.32. The third-order valence-corrected chi connectivity index (χ3v) is 6.96. The number of amides is 2. The maximum atomic E-state index is 13.0. The molecule has 174 valence electrons. The Bertz CT molecular complexity index is 878. The molecular weight excluding hydrogens is 406 g/mol. The Hall–Kier alpha value is -2.41. The van der Waals surface area contributed by atoms with E-state index in [1.807, 2.05) is 18.2 Å². The summed E-state index contributed by atoms with van der Waals surface area (Å²) < 4.78 is 6.53. The number of aliphatic hydroxyl groups is 1. The van der Waals surface area contributed by atoms with E-state index in [1.54, 1.807) is 4.90 Å². The molecule has 1 aliphatic carbocycles. The average molecular weight is 443 g/mol. The van der Waals surface area contributed by atoms with Crippen LogP contribution in [0.5, 0.6) is 5.75 Å². The summed E-state index contributed by atoms with van der Waals surface area (Å²) in [7, 11) is 0. The van der Waals surface area contributed by atoms with Gasteiger partial charge in [0.15, 0.2) is 6.04 Å². The van der Waals surface area contributed by atoms with Crippen molar-refractivity contribution >= 4 is 17.7 Å². The van der Waals surface area contributed by atoms with E-state index in [0.29, 0.717) is 31.0 Å². The molecule has 1 fully saturated rings. The SMILES string of the molecule is CCCN(CCC)[C@@H]1CCCC[C@H]1Oc1ccc2c(c1)CN(C1CCC(=O)[NH+]=C1O)C2=O. The minimum Gasteiger partial charge on any atom is -0.489 e. The second-order valence-electron chi connectivity index (χ2n) is 9.28. The number of carbonyl (C=O) groups excluding carboxylic acids is 2. The lowest BCUT2D eigenvalue weighted by Crippen LogP contribution is -2.82.